The summed E-state index contributed by atoms with van der Waals surface area (Å²) in [5.74, 6) is 8.18. The molecular weight excluding hydrogens is 296 g/mol. The quantitative estimate of drug-likeness (QED) is 0.349. The fourth-order valence-corrected chi connectivity index (χ4v) is 2.39. The van der Waals surface area contributed by atoms with Crippen LogP contribution >= 0.6 is 0 Å². The number of unbranched alkanes of at least 4 members (excludes halogenated alkanes) is 3. The lowest BCUT2D eigenvalue weighted by Crippen LogP contribution is -2.03. The molecule has 24 heavy (non-hydrogen) atoms. The summed E-state index contributed by atoms with van der Waals surface area (Å²) in [5.41, 5.74) is 1.32. The fourth-order valence-electron chi connectivity index (χ4n) is 2.39. The van der Waals surface area contributed by atoms with E-state index in [1.165, 1.54) is 7.11 Å². The van der Waals surface area contributed by atoms with Gasteiger partial charge in [0.15, 0.2) is 0 Å². The highest BCUT2D eigenvalue weighted by molar-refractivity contribution is 6.01. The average molecular weight is 316 g/mol. The Hall–Kier alpha value is -2.97. The van der Waals surface area contributed by atoms with Crippen molar-refractivity contribution in [3.63, 3.8) is 0 Å². The molecule has 0 radical (unpaired) electrons. The first-order valence-corrected chi connectivity index (χ1v) is 7.96. The van der Waals surface area contributed by atoms with Crippen LogP contribution in [0.4, 0.5) is 0 Å². The number of hydrogen-bond donors (Lipinski definition) is 0. The van der Waals surface area contributed by atoms with Crippen LogP contribution in [-0.4, -0.2) is 13.1 Å². The second-order valence-electron chi connectivity index (χ2n) is 5.33. The summed E-state index contributed by atoms with van der Waals surface area (Å²) in [6.45, 7) is 0. The summed E-state index contributed by atoms with van der Waals surface area (Å²) in [6.07, 6.45) is 10.4. The van der Waals surface area contributed by atoms with Gasteiger partial charge in [-0.05, 0) is 35.3 Å². The molecule has 2 aromatic carbocycles. The molecule has 2 nitrogen and oxygen atoms in total. The fraction of sp³-hybridized carbons (Fsp3) is 0.227. The molecule has 0 fully saturated rings. The first kappa shape index (κ1) is 17.4. The van der Waals surface area contributed by atoms with Crippen molar-refractivity contribution < 1.29 is 9.53 Å². The smallest absolute Gasteiger partial charge is 0.346 e. The Kier molecular flexibility index (Phi) is 6.69. The van der Waals surface area contributed by atoms with Gasteiger partial charge in [-0.25, -0.2) is 4.79 Å². The largest absolute Gasteiger partial charge is 0.465 e. The van der Waals surface area contributed by atoms with E-state index in [9.17, 15) is 4.79 Å². The van der Waals surface area contributed by atoms with E-state index in [1.807, 2.05) is 42.5 Å². The summed E-state index contributed by atoms with van der Waals surface area (Å²) in [4.78, 5) is 12.0. The van der Waals surface area contributed by atoms with Gasteiger partial charge in [-0.15, -0.1) is 12.3 Å². The number of methoxy groups -OCH3 is 1. The van der Waals surface area contributed by atoms with E-state index < -0.39 is 5.97 Å². The van der Waals surface area contributed by atoms with Crippen molar-refractivity contribution >= 4 is 22.8 Å². The third kappa shape index (κ3) is 4.77. The Bertz CT molecular complexity index is 836. The number of hydrogen-bond acceptors (Lipinski definition) is 2. The molecule has 0 unspecified atom stereocenters. The van der Waals surface area contributed by atoms with Gasteiger partial charge in [-0.2, -0.15) is 0 Å². The van der Waals surface area contributed by atoms with E-state index in [4.69, 9.17) is 11.2 Å². The summed E-state index contributed by atoms with van der Waals surface area (Å²) in [6, 6.07) is 14.0. The van der Waals surface area contributed by atoms with Crippen molar-refractivity contribution in [3.05, 3.63) is 53.6 Å². The first-order chi connectivity index (χ1) is 11.8. The normalized spacial score (nSPS) is 10.6. The van der Waals surface area contributed by atoms with E-state index in [0.29, 0.717) is 12.0 Å². The van der Waals surface area contributed by atoms with Crippen LogP contribution in [-0.2, 0) is 9.53 Å². The zero-order valence-electron chi connectivity index (χ0n) is 13.8. The monoisotopic (exact) mass is 316 g/mol. The molecule has 0 bridgehead atoms. The van der Waals surface area contributed by atoms with Gasteiger partial charge in [0.25, 0.3) is 0 Å². The standard InChI is InChI=1S/C22H20O2/c1-3-4-5-6-7-8-13-20(22(23)24-2)17-19-15-11-14-18-12-9-10-16-21(18)19/h1,9-12,14-17H,4-7H2,2H3. The van der Waals surface area contributed by atoms with Crippen LogP contribution in [0.5, 0.6) is 0 Å². The summed E-state index contributed by atoms with van der Waals surface area (Å²) >= 11 is 0. The molecular formula is C22H20O2. The Morgan fingerprint density at radius 1 is 1.12 bits per heavy atom. The minimum absolute atomic E-state index is 0.366. The van der Waals surface area contributed by atoms with Crippen molar-refractivity contribution in [3.8, 4) is 24.2 Å². The lowest BCUT2D eigenvalue weighted by atomic mass is 10.0. The molecule has 0 amide bonds. The average Bonchev–Trinajstić information content (AvgIpc) is 2.63. The van der Waals surface area contributed by atoms with Crippen molar-refractivity contribution in [2.24, 2.45) is 0 Å². The zero-order chi connectivity index (χ0) is 17.2. The third-order valence-corrected chi connectivity index (χ3v) is 3.62. The van der Waals surface area contributed by atoms with Crippen LogP contribution in [0.25, 0.3) is 16.8 Å². The predicted octanol–water partition coefficient (Wildman–Crippen LogP) is 4.59. The number of rotatable bonds is 5. The number of carbonyl (C=O) groups excluding carboxylic acids is 1. The second kappa shape index (κ2) is 9.23. The molecule has 0 atom stereocenters. The van der Waals surface area contributed by atoms with Crippen molar-refractivity contribution in [2.75, 3.05) is 7.11 Å². The molecule has 120 valence electrons. The molecule has 0 aliphatic heterocycles. The third-order valence-electron chi connectivity index (χ3n) is 3.62. The van der Waals surface area contributed by atoms with Gasteiger partial charge < -0.3 is 4.74 Å². The van der Waals surface area contributed by atoms with Crippen LogP contribution < -0.4 is 0 Å². The van der Waals surface area contributed by atoms with Gasteiger partial charge in [0.2, 0.25) is 0 Å². The Morgan fingerprint density at radius 2 is 1.88 bits per heavy atom. The zero-order valence-corrected chi connectivity index (χ0v) is 13.8. The molecule has 2 heteroatoms. The maximum Gasteiger partial charge on any atom is 0.346 e. The number of ether oxygens (including phenoxy) is 1. The Balaban J connectivity index is 2.27. The number of benzene rings is 2. The maximum atomic E-state index is 12.0. The van der Waals surface area contributed by atoms with Gasteiger partial charge in [0.05, 0.1) is 7.11 Å². The van der Waals surface area contributed by atoms with E-state index in [0.717, 1.165) is 35.6 Å². The number of fused-ring (bicyclic) bond motifs is 1. The van der Waals surface area contributed by atoms with E-state index in [2.05, 4.69) is 17.8 Å². The molecule has 2 aromatic rings. The van der Waals surface area contributed by atoms with Gasteiger partial charge in [-0.3, -0.25) is 0 Å². The van der Waals surface area contributed by atoms with E-state index >= 15 is 0 Å². The first-order valence-electron chi connectivity index (χ1n) is 7.96. The van der Waals surface area contributed by atoms with Gasteiger partial charge >= 0.3 is 5.97 Å². The van der Waals surface area contributed by atoms with Crippen molar-refractivity contribution in [1.29, 1.82) is 0 Å². The molecule has 0 spiro atoms. The van der Waals surface area contributed by atoms with Crippen LogP contribution in [0.15, 0.2) is 48.0 Å². The molecule has 0 N–H and O–H groups in total. The Labute approximate surface area is 143 Å². The van der Waals surface area contributed by atoms with Gasteiger partial charge in [-0.1, -0.05) is 54.3 Å². The minimum Gasteiger partial charge on any atom is -0.465 e. The summed E-state index contributed by atoms with van der Waals surface area (Å²) in [7, 11) is 1.37. The van der Waals surface area contributed by atoms with Crippen LogP contribution in [0.1, 0.15) is 31.2 Å². The van der Waals surface area contributed by atoms with Crippen LogP contribution in [0.2, 0.25) is 0 Å². The second-order valence-corrected chi connectivity index (χ2v) is 5.33. The number of terminal acetylenes is 1. The lowest BCUT2D eigenvalue weighted by Gasteiger charge is -2.03. The summed E-state index contributed by atoms with van der Waals surface area (Å²) in [5, 5.41) is 2.20. The molecule has 0 aromatic heterocycles. The van der Waals surface area contributed by atoms with E-state index in [1.54, 1.807) is 6.08 Å². The lowest BCUT2D eigenvalue weighted by molar-refractivity contribution is -0.135. The van der Waals surface area contributed by atoms with E-state index in [-0.39, 0.29) is 0 Å². The highest BCUT2D eigenvalue weighted by atomic mass is 16.5. The SMILES string of the molecule is C#CCCCCC#CC(=Cc1cccc2ccccc12)C(=O)OC. The van der Waals surface area contributed by atoms with Crippen molar-refractivity contribution in [2.45, 2.75) is 25.7 Å². The molecule has 0 aliphatic carbocycles. The predicted molar refractivity (Wildman–Crippen MR) is 99.0 cm³/mol. The topological polar surface area (TPSA) is 26.3 Å². The number of esters is 1. The van der Waals surface area contributed by atoms with Crippen LogP contribution in [0, 0.1) is 24.2 Å². The van der Waals surface area contributed by atoms with Gasteiger partial charge in [0, 0.05) is 12.8 Å². The molecule has 0 aliphatic rings. The number of carbonyl (C=O) groups is 1. The maximum absolute atomic E-state index is 12.0. The highest BCUT2D eigenvalue weighted by Crippen LogP contribution is 2.21. The Morgan fingerprint density at radius 3 is 2.67 bits per heavy atom. The molecule has 2 rings (SSSR count). The van der Waals surface area contributed by atoms with Gasteiger partial charge in [0.1, 0.15) is 5.57 Å². The molecule has 0 heterocycles. The molecule has 0 saturated carbocycles. The molecule has 0 saturated heterocycles. The van der Waals surface area contributed by atoms with Crippen molar-refractivity contribution in [1.82, 2.24) is 0 Å². The summed E-state index contributed by atoms with van der Waals surface area (Å²) < 4.78 is 4.86. The minimum atomic E-state index is -0.418. The highest BCUT2D eigenvalue weighted by Gasteiger charge is 2.08. The van der Waals surface area contributed by atoms with Crippen LogP contribution in [0.3, 0.4) is 0 Å².